The summed E-state index contributed by atoms with van der Waals surface area (Å²) in [5.41, 5.74) is 1.77. The quantitative estimate of drug-likeness (QED) is 0.586. The number of nitrogens with zero attached hydrogens (tertiary/aromatic N) is 1. The minimum absolute atomic E-state index is 0.0479. The molecule has 0 bridgehead atoms. The first kappa shape index (κ1) is 19.1. The molecule has 142 valence electrons. The predicted molar refractivity (Wildman–Crippen MR) is 105 cm³/mol. The number of hydrogen-bond donors (Lipinski definition) is 1. The average Bonchev–Trinajstić information content (AvgIpc) is 3.01. The Morgan fingerprint density at radius 1 is 1.38 bits per heavy atom. The van der Waals surface area contributed by atoms with Crippen LogP contribution in [0.5, 0.6) is 5.75 Å². The molecule has 0 amide bonds. The van der Waals surface area contributed by atoms with Gasteiger partial charge >= 0.3 is 5.97 Å². The number of rotatable bonds is 6. The minimum atomic E-state index is -0.155. The highest BCUT2D eigenvalue weighted by atomic mass is 32.2. The van der Waals surface area contributed by atoms with Crippen LogP contribution in [0.2, 0.25) is 0 Å². The lowest BCUT2D eigenvalue weighted by Gasteiger charge is -2.36. The number of carbonyl (C=O) groups excluding carboxylic acids is 1. The fourth-order valence-electron chi connectivity index (χ4n) is 3.74. The number of fused-ring (bicyclic) bond motifs is 1. The van der Waals surface area contributed by atoms with Crippen molar-refractivity contribution < 1.29 is 14.3 Å². The third-order valence-electron chi connectivity index (χ3n) is 5.24. The van der Waals surface area contributed by atoms with Gasteiger partial charge in [-0.15, -0.1) is 0 Å². The molecule has 1 aliphatic carbocycles. The Labute approximate surface area is 159 Å². The molecule has 0 aliphatic heterocycles. The summed E-state index contributed by atoms with van der Waals surface area (Å²) in [5, 5.41) is 0.725. The van der Waals surface area contributed by atoms with Gasteiger partial charge in [-0.3, -0.25) is 4.79 Å². The number of methoxy groups -OCH3 is 1. The highest BCUT2D eigenvalue weighted by molar-refractivity contribution is 7.99. The van der Waals surface area contributed by atoms with Crippen LogP contribution in [-0.4, -0.2) is 34.9 Å². The normalized spacial score (nSPS) is 23.3. The summed E-state index contributed by atoms with van der Waals surface area (Å²) in [4.78, 5) is 20.1. The van der Waals surface area contributed by atoms with Crippen LogP contribution in [0.1, 0.15) is 40.0 Å². The Kier molecular flexibility index (Phi) is 6.12. The number of ether oxygens (including phenoxy) is 2. The van der Waals surface area contributed by atoms with Gasteiger partial charge in [0.1, 0.15) is 11.9 Å². The van der Waals surface area contributed by atoms with E-state index < -0.39 is 0 Å². The van der Waals surface area contributed by atoms with Crippen molar-refractivity contribution in [3.05, 3.63) is 18.2 Å². The summed E-state index contributed by atoms with van der Waals surface area (Å²) in [5.74, 6) is 2.53. The molecule has 1 saturated carbocycles. The highest BCUT2D eigenvalue weighted by Gasteiger charge is 2.33. The Morgan fingerprint density at radius 3 is 2.92 bits per heavy atom. The molecule has 3 rings (SSSR count). The van der Waals surface area contributed by atoms with Gasteiger partial charge in [-0.05, 0) is 42.7 Å². The summed E-state index contributed by atoms with van der Waals surface area (Å²) in [6, 6.07) is 5.69. The number of benzene rings is 1. The van der Waals surface area contributed by atoms with Crippen LogP contribution in [0.25, 0.3) is 11.0 Å². The second-order valence-corrected chi connectivity index (χ2v) is 8.53. The van der Waals surface area contributed by atoms with E-state index in [-0.39, 0.29) is 17.8 Å². The zero-order valence-corrected chi connectivity index (χ0v) is 16.8. The van der Waals surface area contributed by atoms with Crippen molar-refractivity contribution in [2.75, 3.05) is 12.9 Å². The number of aromatic nitrogens is 2. The number of aromatic amines is 1. The zero-order chi connectivity index (χ0) is 18.7. The fourth-order valence-corrected chi connectivity index (χ4v) is 4.41. The first-order valence-corrected chi connectivity index (χ1v) is 10.3. The summed E-state index contributed by atoms with van der Waals surface area (Å²) in [6.07, 6.45) is 3.40. The van der Waals surface area contributed by atoms with Crippen molar-refractivity contribution in [1.29, 1.82) is 0 Å². The maximum absolute atomic E-state index is 12.4. The van der Waals surface area contributed by atoms with E-state index in [2.05, 4.69) is 30.7 Å². The first-order valence-electron chi connectivity index (χ1n) is 9.32. The van der Waals surface area contributed by atoms with Crippen LogP contribution >= 0.6 is 11.8 Å². The van der Waals surface area contributed by atoms with Crippen LogP contribution in [0.3, 0.4) is 0 Å². The molecule has 2 aromatic rings. The van der Waals surface area contributed by atoms with Crippen LogP contribution in [0, 0.1) is 17.8 Å². The summed E-state index contributed by atoms with van der Waals surface area (Å²) in [7, 11) is 1.64. The lowest BCUT2D eigenvalue weighted by Crippen LogP contribution is -2.36. The molecule has 6 heteroatoms. The number of imidazole rings is 1. The van der Waals surface area contributed by atoms with Gasteiger partial charge in [-0.2, -0.15) is 0 Å². The zero-order valence-electron chi connectivity index (χ0n) is 16.0. The summed E-state index contributed by atoms with van der Waals surface area (Å²) < 4.78 is 11.1. The fraction of sp³-hybridized carbons (Fsp3) is 0.600. The van der Waals surface area contributed by atoms with Crippen LogP contribution in [0.4, 0.5) is 0 Å². The molecule has 1 N–H and O–H groups in total. The maximum atomic E-state index is 12.4. The number of hydrogen-bond acceptors (Lipinski definition) is 5. The standard InChI is InChI=1S/C20H28N2O3S/c1-12(2)15-7-5-13(3)9-18(15)25-19(23)11-26-20-21-16-8-6-14(24-4)10-17(16)22-20/h6,8,10,12-13,15,18H,5,7,9,11H2,1-4H3,(H,21,22)/t13-,15+,18-/m1/s1. The van der Waals surface area contributed by atoms with Gasteiger partial charge in [0.25, 0.3) is 0 Å². The van der Waals surface area contributed by atoms with E-state index in [0.717, 1.165) is 34.8 Å². The van der Waals surface area contributed by atoms with E-state index in [1.807, 2.05) is 18.2 Å². The Hall–Kier alpha value is -1.69. The number of thioether (sulfide) groups is 1. The number of carbonyl (C=O) groups is 1. The lowest BCUT2D eigenvalue weighted by atomic mass is 9.75. The third-order valence-corrected chi connectivity index (χ3v) is 6.09. The molecule has 3 atom stereocenters. The van der Waals surface area contributed by atoms with Crippen molar-refractivity contribution in [2.45, 2.75) is 51.3 Å². The number of esters is 1. The Bertz CT molecular complexity index is 759. The van der Waals surface area contributed by atoms with Crippen molar-refractivity contribution >= 4 is 28.8 Å². The second-order valence-electron chi connectivity index (χ2n) is 7.57. The average molecular weight is 377 g/mol. The largest absolute Gasteiger partial charge is 0.497 e. The lowest BCUT2D eigenvalue weighted by molar-refractivity contribution is -0.152. The molecule has 0 spiro atoms. The monoisotopic (exact) mass is 376 g/mol. The smallest absolute Gasteiger partial charge is 0.316 e. The number of H-pyrrole nitrogens is 1. The van der Waals surface area contributed by atoms with E-state index >= 15 is 0 Å². The highest BCUT2D eigenvalue weighted by Crippen LogP contribution is 2.35. The van der Waals surface area contributed by atoms with E-state index in [9.17, 15) is 4.79 Å². The molecule has 0 unspecified atom stereocenters. The van der Waals surface area contributed by atoms with E-state index in [1.54, 1.807) is 7.11 Å². The molecular weight excluding hydrogens is 348 g/mol. The Balaban J connectivity index is 1.58. The van der Waals surface area contributed by atoms with Gasteiger partial charge in [-0.1, -0.05) is 39.0 Å². The van der Waals surface area contributed by atoms with Gasteiger partial charge in [0.2, 0.25) is 0 Å². The Morgan fingerprint density at radius 2 is 2.19 bits per heavy atom. The predicted octanol–water partition coefficient (Wildman–Crippen LogP) is 4.67. The topological polar surface area (TPSA) is 64.2 Å². The molecule has 26 heavy (non-hydrogen) atoms. The SMILES string of the molecule is COc1ccc2nc(SCC(=O)O[C@@H]3C[C@H](C)CC[C@H]3C(C)C)[nH]c2c1. The van der Waals surface area contributed by atoms with Gasteiger partial charge < -0.3 is 14.5 Å². The molecule has 0 radical (unpaired) electrons. The molecule has 1 aliphatic rings. The molecule has 1 heterocycles. The van der Waals surface area contributed by atoms with Crippen molar-refractivity contribution in [3.8, 4) is 5.75 Å². The van der Waals surface area contributed by atoms with Crippen LogP contribution in [0.15, 0.2) is 23.4 Å². The van der Waals surface area contributed by atoms with Gasteiger partial charge in [0, 0.05) is 6.07 Å². The van der Waals surface area contributed by atoms with Crippen molar-refractivity contribution in [2.24, 2.45) is 17.8 Å². The van der Waals surface area contributed by atoms with Crippen molar-refractivity contribution in [1.82, 2.24) is 9.97 Å². The maximum Gasteiger partial charge on any atom is 0.316 e. The van der Waals surface area contributed by atoms with Gasteiger partial charge in [-0.25, -0.2) is 4.98 Å². The van der Waals surface area contributed by atoms with E-state index in [0.29, 0.717) is 17.8 Å². The van der Waals surface area contributed by atoms with E-state index in [1.165, 1.54) is 18.2 Å². The van der Waals surface area contributed by atoms with Crippen LogP contribution in [-0.2, 0) is 9.53 Å². The molecule has 5 nitrogen and oxygen atoms in total. The third kappa shape index (κ3) is 4.53. The van der Waals surface area contributed by atoms with Gasteiger partial charge in [0.05, 0.1) is 23.9 Å². The minimum Gasteiger partial charge on any atom is -0.497 e. The van der Waals surface area contributed by atoms with E-state index in [4.69, 9.17) is 9.47 Å². The first-order chi connectivity index (χ1) is 12.5. The molecular formula is C20H28N2O3S. The molecule has 1 aromatic heterocycles. The second kappa shape index (κ2) is 8.33. The van der Waals surface area contributed by atoms with Crippen molar-refractivity contribution in [3.63, 3.8) is 0 Å². The molecule has 1 fully saturated rings. The molecule has 0 saturated heterocycles. The summed E-state index contributed by atoms with van der Waals surface area (Å²) >= 11 is 1.38. The summed E-state index contributed by atoms with van der Waals surface area (Å²) in [6.45, 7) is 6.69. The van der Waals surface area contributed by atoms with Crippen LogP contribution < -0.4 is 4.74 Å². The molecule has 1 aromatic carbocycles. The number of nitrogens with one attached hydrogen (secondary N) is 1. The van der Waals surface area contributed by atoms with Gasteiger partial charge in [0.15, 0.2) is 5.16 Å².